The number of hydrogen-bond acceptors (Lipinski definition) is 7. The molecule has 2 heterocycles. The predicted octanol–water partition coefficient (Wildman–Crippen LogP) is 3.45. The molecule has 30 heavy (non-hydrogen) atoms. The summed E-state index contributed by atoms with van der Waals surface area (Å²) >= 11 is 0. The maximum absolute atomic E-state index is 9.37. The van der Waals surface area contributed by atoms with Gasteiger partial charge in [-0.05, 0) is 30.3 Å². The molecule has 1 aliphatic heterocycles. The Bertz CT molecular complexity index is 1060. The summed E-state index contributed by atoms with van der Waals surface area (Å²) in [4.78, 5) is 15.7. The molecule has 7 heteroatoms. The van der Waals surface area contributed by atoms with Crippen LogP contribution in [0.1, 0.15) is 5.56 Å². The molecular formula is C23H24N6O. The minimum Gasteiger partial charge on any atom is -0.497 e. The third-order valence-electron chi connectivity index (χ3n) is 5.34. The van der Waals surface area contributed by atoms with E-state index in [4.69, 9.17) is 9.72 Å². The summed E-state index contributed by atoms with van der Waals surface area (Å²) in [6, 6.07) is 19.8. The van der Waals surface area contributed by atoms with Crippen LogP contribution in [0.2, 0.25) is 0 Å². The lowest BCUT2D eigenvalue weighted by atomic mass is 10.1. The number of nitrogens with zero attached hydrogens (tertiary/aromatic N) is 6. The van der Waals surface area contributed by atoms with Gasteiger partial charge in [0.2, 0.25) is 5.95 Å². The van der Waals surface area contributed by atoms with Crippen molar-refractivity contribution in [1.82, 2.24) is 9.97 Å². The Labute approximate surface area is 176 Å². The number of aromatic nitrogens is 2. The highest BCUT2D eigenvalue weighted by atomic mass is 16.5. The molecule has 0 bridgehead atoms. The lowest BCUT2D eigenvalue weighted by Gasteiger charge is -2.36. The van der Waals surface area contributed by atoms with Crippen molar-refractivity contribution in [3.05, 3.63) is 66.4 Å². The largest absolute Gasteiger partial charge is 0.497 e. The van der Waals surface area contributed by atoms with Crippen LogP contribution in [-0.4, -0.2) is 50.3 Å². The van der Waals surface area contributed by atoms with Gasteiger partial charge in [-0.25, -0.2) is 4.98 Å². The van der Waals surface area contributed by atoms with E-state index in [9.17, 15) is 5.26 Å². The number of hydrogen-bond donors (Lipinski definition) is 0. The van der Waals surface area contributed by atoms with Crippen LogP contribution in [0.5, 0.6) is 5.75 Å². The topological polar surface area (TPSA) is 68.5 Å². The average molecular weight is 400 g/mol. The summed E-state index contributed by atoms with van der Waals surface area (Å²) in [5.41, 5.74) is 2.70. The van der Waals surface area contributed by atoms with Crippen molar-refractivity contribution in [2.75, 3.05) is 55.0 Å². The summed E-state index contributed by atoms with van der Waals surface area (Å²) in [5.74, 6) is 2.35. The Morgan fingerprint density at radius 1 is 1.00 bits per heavy atom. The number of methoxy groups -OCH3 is 1. The van der Waals surface area contributed by atoms with Crippen LogP contribution in [0, 0.1) is 11.3 Å². The van der Waals surface area contributed by atoms with E-state index in [0.29, 0.717) is 5.56 Å². The molecule has 1 aliphatic rings. The fourth-order valence-corrected chi connectivity index (χ4v) is 3.62. The minimum absolute atomic E-state index is 0.712. The number of para-hydroxylation sites is 1. The van der Waals surface area contributed by atoms with Crippen molar-refractivity contribution < 1.29 is 4.74 Å². The van der Waals surface area contributed by atoms with E-state index in [1.807, 2.05) is 66.5 Å². The highest BCUT2D eigenvalue weighted by Gasteiger charge is 2.21. The van der Waals surface area contributed by atoms with E-state index in [1.165, 1.54) is 0 Å². The number of nitriles is 1. The van der Waals surface area contributed by atoms with Gasteiger partial charge in [-0.1, -0.05) is 18.2 Å². The van der Waals surface area contributed by atoms with Crippen LogP contribution in [0.3, 0.4) is 0 Å². The molecule has 1 saturated heterocycles. The van der Waals surface area contributed by atoms with E-state index < -0.39 is 0 Å². The van der Waals surface area contributed by atoms with Gasteiger partial charge in [0.05, 0.1) is 18.4 Å². The molecule has 1 aromatic heterocycles. The summed E-state index contributed by atoms with van der Waals surface area (Å²) < 4.78 is 5.33. The Hall–Kier alpha value is -3.79. The zero-order valence-electron chi connectivity index (χ0n) is 17.2. The van der Waals surface area contributed by atoms with Gasteiger partial charge >= 0.3 is 0 Å². The van der Waals surface area contributed by atoms with Crippen LogP contribution < -0.4 is 19.4 Å². The van der Waals surface area contributed by atoms with Crippen molar-refractivity contribution >= 4 is 23.1 Å². The molecule has 0 aliphatic carbocycles. The Morgan fingerprint density at radius 3 is 2.53 bits per heavy atom. The molecule has 0 amide bonds. The lowest BCUT2D eigenvalue weighted by molar-refractivity contribution is 0.415. The molecule has 1 fully saturated rings. The molecule has 0 unspecified atom stereocenters. The zero-order valence-corrected chi connectivity index (χ0v) is 17.2. The first-order valence-electron chi connectivity index (χ1n) is 9.89. The third-order valence-corrected chi connectivity index (χ3v) is 5.34. The Morgan fingerprint density at radius 2 is 1.77 bits per heavy atom. The second-order valence-electron chi connectivity index (χ2n) is 7.08. The van der Waals surface area contributed by atoms with Crippen molar-refractivity contribution in [1.29, 1.82) is 5.26 Å². The van der Waals surface area contributed by atoms with Gasteiger partial charge in [0.25, 0.3) is 0 Å². The van der Waals surface area contributed by atoms with Crippen LogP contribution in [-0.2, 0) is 0 Å². The van der Waals surface area contributed by atoms with Gasteiger partial charge < -0.3 is 19.4 Å². The number of benzene rings is 2. The molecule has 0 spiro atoms. The SMILES string of the molecule is COc1cccc(N(C)c2ccnc(N3CCN(c4ccccc4C#N)CC3)n2)c1. The average Bonchev–Trinajstić information content (AvgIpc) is 2.83. The first-order valence-corrected chi connectivity index (χ1v) is 9.89. The van der Waals surface area contributed by atoms with Crippen LogP contribution in [0.4, 0.5) is 23.1 Å². The summed E-state index contributed by atoms with van der Waals surface area (Å²) in [7, 11) is 3.65. The molecule has 2 aromatic carbocycles. The molecule has 7 nitrogen and oxygen atoms in total. The zero-order chi connectivity index (χ0) is 20.9. The van der Waals surface area contributed by atoms with Gasteiger partial charge in [0.1, 0.15) is 17.6 Å². The monoisotopic (exact) mass is 400 g/mol. The van der Waals surface area contributed by atoms with Crippen LogP contribution in [0.15, 0.2) is 60.8 Å². The fraction of sp³-hybridized carbons (Fsp3) is 0.261. The van der Waals surface area contributed by atoms with Gasteiger partial charge in [0.15, 0.2) is 0 Å². The smallest absolute Gasteiger partial charge is 0.227 e. The van der Waals surface area contributed by atoms with Crippen molar-refractivity contribution in [3.63, 3.8) is 0 Å². The second kappa shape index (κ2) is 8.70. The minimum atomic E-state index is 0.712. The fourth-order valence-electron chi connectivity index (χ4n) is 3.62. The summed E-state index contributed by atoms with van der Waals surface area (Å²) in [5, 5.41) is 9.37. The first kappa shape index (κ1) is 19.5. The summed E-state index contributed by atoms with van der Waals surface area (Å²) in [6.45, 7) is 3.23. The first-order chi connectivity index (χ1) is 14.7. The number of piperazine rings is 1. The van der Waals surface area contributed by atoms with E-state index in [1.54, 1.807) is 13.3 Å². The molecular weight excluding hydrogens is 376 g/mol. The van der Waals surface area contributed by atoms with E-state index in [2.05, 4.69) is 20.9 Å². The molecule has 0 saturated carbocycles. The van der Waals surface area contributed by atoms with E-state index in [0.717, 1.165) is 55.1 Å². The van der Waals surface area contributed by atoms with Gasteiger partial charge in [-0.3, -0.25) is 0 Å². The second-order valence-corrected chi connectivity index (χ2v) is 7.08. The molecule has 0 radical (unpaired) electrons. The Balaban J connectivity index is 1.48. The van der Waals surface area contributed by atoms with Crippen LogP contribution >= 0.6 is 0 Å². The molecule has 152 valence electrons. The standard InChI is InChI=1S/C23H24N6O/c1-27(19-7-5-8-20(16-19)30-2)22-10-11-25-23(26-22)29-14-12-28(13-15-29)21-9-4-3-6-18(21)17-24/h3-11,16H,12-15H2,1-2H3. The molecule has 3 aromatic rings. The molecule has 0 N–H and O–H groups in total. The number of ether oxygens (including phenoxy) is 1. The molecule has 0 atom stereocenters. The van der Waals surface area contributed by atoms with Gasteiger partial charge in [-0.2, -0.15) is 10.2 Å². The Kier molecular flexibility index (Phi) is 5.66. The predicted molar refractivity (Wildman–Crippen MR) is 119 cm³/mol. The summed E-state index contributed by atoms with van der Waals surface area (Å²) in [6.07, 6.45) is 1.80. The van der Waals surface area contributed by atoms with E-state index in [-0.39, 0.29) is 0 Å². The third kappa shape index (κ3) is 3.98. The van der Waals surface area contributed by atoms with Gasteiger partial charge in [-0.15, -0.1) is 0 Å². The normalized spacial score (nSPS) is 13.6. The van der Waals surface area contributed by atoms with Crippen molar-refractivity contribution in [3.8, 4) is 11.8 Å². The number of rotatable bonds is 5. The van der Waals surface area contributed by atoms with Crippen molar-refractivity contribution in [2.24, 2.45) is 0 Å². The van der Waals surface area contributed by atoms with Gasteiger partial charge in [0, 0.05) is 51.2 Å². The van der Waals surface area contributed by atoms with Crippen molar-refractivity contribution in [2.45, 2.75) is 0 Å². The molecule has 4 rings (SSSR count). The van der Waals surface area contributed by atoms with E-state index >= 15 is 0 Å². The highest BCUT2D eigenvalue weighted by Crippen LogP contribution is 2.27. The van der Waals surface area contributed by atoms with Crippen LogP contribution in [0.25, 0.3) is 0 Å². The maximum Gasteiger partial charge on any atom is 0.227 e. The highest BCUT2D eigenvalue weighted by molar-refractivity contribution is 5.62. The number of anilines is 4. The quantitative estimate of drug-likeness (QED) is 0.650. The lowest BCUT2D eigenvalue weighted by Crippen LogP contribution is -2.47. The maximum atomic E-state index is 9.37.